The van der Waals surface area contributed by atoms with Crippen molar-refractivity contribution in [1.29, 1.82) is 0 Å². The minimum absolute atomic E-state index is 0.0569. The highest BCUT2D eigenvalue weighted by molar-refractivity contribution is 6.03. The summed E-state index contributed by atoms with van der Waals surface area (Å²) in [4.78, 5) is 5.05. The van der Waals surface area contributed by atoms with Gasteiger partial charge in [-0.15, -0.1) is 0 Å². The monoisotopic (exact) mass is 589 g/mol. The highest BCUT2D eigenvalue weighted by Gasteiger charge is 2.47. The molecule has 0 radical (unpaired) electrons. The van der Waals surface area contributed by atoms with Gasteiger partial charge in [0.25, 0.3) is 0 Å². The zero-order chi connectivity index (χ0) is 32.2. The van der Waals surface area contributed by atoms with E-state index < -0.39 is 5.60 Å². The lowest BCUT2D eigenvalue weighted by atomic mass is 9.57. The number of hydrogen-bond acceptors (Lipinski definition) is 5. The third kappa shape index (κ3) is 6.87. The highest BCUT2D eigenvalue weighted by Crippen LogP contribution is 2.59. The van der Waals surface area contributed by atoms with Crippen molar-refractivity contribution < 1.29 is 19.7 Å². The van der Waals surface area contributed by atoms with Crippen molar-refractivity contribution in [2.24, 2.45) is 17.3 Å². The van der Waals surface area contributed by atoms with Crippen LogP contribution in [0.4, 0.5) is 0 Å². The molecule has 3 unspecified atom stereocenters. The Morgan fingerprint density at radius 2 is 1.84 bits per heavy atom. The van der Waals surface area contributed by atoms with Gasteiger partial charge in [-0.05, 0) is 85.6 Å². The summed E-state index contributed by atoms with van der Waals surface area (Å²) in [6, 6.07) is 4.28. The normalized spacial score (nSPS) is 20.8. The van der Waals surface area contributed by atoms with Crippen LogP contribution in [0.5, 0.6) is 11.5 Å². The Bertz CT molecular complexity index is 1400. The topological polar surface area (TPSA) is 71.8 Å². The van der Waals surface area contributed by atoms with Gasteiger partial charge in [-0.1, -0.05) is 86.1 Å². The van der Waals surface area contributed by atoms with Gasteiger partial charge in [0.05, 0.1) is 17.1 Å². The lowest BCUT2D eigenvalue weighted by molar-refractivity contribution is 0.128. The minimum atomic E-state index is -0.890. The molecule has 2 N–H and O–H groups in total. The number of hydrogen-bond donors (Lipinski definition) is 2. The minimum Gasteiger partial charge on any atom is -0.513 e. The van der Waals surface area contributed by atoms with E-state index in [1.165, 1.54) is 40.5 Å². The molecular formula is C38H55NO4. The molecule has 0 saturated carbocycles. The predicted octanol–water partition coefficient (Wildman–Crippen LogP) is 9.89. The maximum Gasteiger partial charge on any atom is 0.166 e. The first-order chi connectivity index (χ1) is 20.3. The van der Waals surface area contributed by atoms with Crippen molar-refractivity contribution in [3.05, 3.63) is 71.3 Å². The van der Waals surface area contributed by atoms with Crippen molar-refractivity contribution >= 4 is 16.3 Å². The first-order valence-electron chi connectivity index (χ1n) is 16.2. The fourth-order valence-electron chi connectivity index (χ4n) is 6.85. The zero-order valence-corrected chi connectivity index (χ0v) is 28.5. The first kappa shape index (κ1) is 34.4. The molecule has 3 aliphatic rings. The summed E-state index contributed by atoms with van der Waals surface area (Å²) in [5, 5.41) is 20.0. The number of rotatable bonds is 6. The van der Waals surface area contributed by atoms with Crippen LogP contribution < -0.4 is 9.47 Å². The second-order valence-corrected chi connectivity index (χ2v) is 13.1. The van der Waals surface area contributed by atoms with E-state index in [0.29, 0.717) is 25.0 Å². The molecule has 2 aliphatic carbocycles. The molecule has 1 aromatic carbocycles. The molecule has 0 bridgehead atoms. The van der Waals surface area contributed by atoms with Crippen LogP contribution in [0.2, 0.25) is 0 Å². The molecule has 0 fully saturated rings. The lowest BCUT2D eigenvalue weighted by Crippen LogP contribution is -2.38. The zero-order valence-electron chi connectivity index (χ0n) is 28.5. The molecule has 0 saturated heterocycles. The molecule has 1 aromatic heterocycles. The highest BCUT2D eigenvalue weighted by atomic mass is 16.6. The van der Waals surface area contributed by atoms with E-state index in [9.17, 15) is 0 Å². The Kier molecular flexibility index (Phi) is 11.0. The molecule has 5 heteroatoms. The summed E-state index contributed by atoms with van der Waals surface area (Å²) in [7, 11) is 0. The van der Waals surface area contributed by atoms with Gasteiger partial charge < -0.3 is 19.7 Å². The van der Waals surface area contributed by atoms with Crippen LogP contribution in [0.3, 0.4) is 0 Å². The van der Waals surface area contributed by atoms with Gasteiger partial charge in [0.1, 0.15) is 13.2 Å². The number of ether oxygens (including phenoxy) is 2. The number of benzene rings is 1. The largest absolute Gasteiger partial charge is 0.513 e. The number of aliphatic hydroxyl groups excluding tert-OH is 1. The average Bonchev–Trinajstić information content (AvgIpc) is 2.97. The number of aromatic nitrogens is 1. The molecule has 2 aromatic rings. The standard InChI is InChI=1S/C30H37NO2.C6H12O2.C2H6/c1-7-9-14-30(6,19(3)8-2)22-12-10-11-21-25(22)27-24-20(13-15-31-27)18-23-28(33-17-16-32-23)26(24)29(21,4)5;1-5(7)4-6(2,3)8;1-2/h9-11,13-15,18-19,22H,7-8,12,16-17H2,1-6H3;4,7-8H,1-3H3;1-2H3/b;5-4-;. The summed E-state index contributed by atoms with van der Waals surface area (Å²) >= 11 is 0. The van der Waals surface area contributed by atoms with Gasteiger partial charge in [0.2, 0.25) is 0 Å². The van der Waals surface area contributed by atoms with E-state index in [0.717, 1.165) is 36.5 Å². The summed E-state index contributed by atoms with van der Waals surface area (Å²) < 4.78 is 12.3. The van der Waals surface area contributed by atoms with Crippen molar-refractivity contribution in [3.8, 4) is 11.5 Å². The number of allylic oxidation sites excluding steroid dienone is 7. The quantitative estimate of drug-likeness (QED) is 0.259. The maximum absolute atomic E-state index is 8.95. The van der Waals surface area contributed by atoms with Crippen LogP contribution in [0.25, 0.3) is 16.3 Å². The fraction of sp³-hybridized carbons (Fsp3) is 0.553. The Balaban J connectivity index is 0.000000441. The van der Waals surface area contributed by atoms with E-state index >= 15 is 0 Å². The SMILES string of the molecule is C/C(O)=C/C(C)(C)O.CC.CCC=CC(C)(C(C)CC)C1CC=CC2=C1c1nccc3cc4c(c(c13)C2(C)C)OCCO4. The average molecular weight is 590 g/mol. The molecule has 1 aliphatic heterocycles. The second-order valence-electron chi connectivity index (χ2n) is 13.1. The van der Waals surface area contributed by atoms with Gasteiger partial charge in [-0.25, -0.2) is 0 Å². The van der Waals surface area contributed by atoms with Gasteiger partial charge in [-0.3, -0.25) is 4.98 Å². The van der Waals surface area contributed by atoms with Crippen molar-refractivity contribution in [2.75, 3.05) is 13.2 Å². The molecule has 2 heterocycles. The smallest absolute Gasteiger partial charge is 0.166 e. The Morgan fingerprint density at radius 1 is 1.16 bits per heavy atom. The molecule has 5 nitrogen and oxygen atoms in total. The molecule has 43 heavy (non-hydrogen) atoms. The number of nitrogens with zero attached hydrogens (tertiary/aromatic N) is 1. The van der Waals surface area contributed by atoms with Gasteiger partial charge in [0, 0.05) is 22.6 Å². The molecule has 3 atom stereocenters. The summed E-state index contributed by atoms with van der Waals surface area (Å²) in [6.45, 7) is 24.0. The molecule has 0 amide bonds. The van der Waals surface area contributed by atoms with Crippen LogP contribution in [0.1, 0.15) is 107 Å². The van der Waals surface area contributed by atoms with E-state index in [4.69, 9.17) is 24.7 Å². The van der Waals surface area contributed by atoms with Crippen molar-refractivity contribution in [2.45, 2.75) is 106 Å². The lowest BCUT2D eigenvalue weighted by Gasteiger charge is -2.47. The van der Waals surface area contributed by atoms with E-state index in [-0.39, 0.29) is 16.6 Å². The first-order valence-corrected chi connectivity index (χ1v) is 16.2. The molecular weight excluding hydrogens is 534 g/mol. The summed E-state index contributed by atoms with van der Waals surface area (Å²) in [5.41, 5.74) is 4.16. The summed E-state index contributed by atoms with van der Waals surface area (Å²) in [6.07, 6.45) is 16.2. The van der Waals surface area contributed by atoms with Crippen molar-refractivity contribution in [1.82, 2.24) is 4.98 Å². The van der Waals surface area contributed by atoms with Gasteiger partial charge in [0.15, 0.2) is 11.5 Å². The fourth-order valence-corrected chi connectivity index (χ4v) is 6.85. The Morgan fingerprint density at radius 3 is 2.42 bits per heavy atom. The summed E-state index contributed by atoms with van der Waals surface area (Å²) in [5.74, 6) is 2.87. The van der Waals surface area contributed by atoms with Gasteiger partial charge >= 0.3 is 0 Å². The Labute approximate surface area is 260 Å². The molecule has 236 valence electrons. The third-order valence-corrected chi connectivity index (χ3v) is 9.11. The third-order valence-electron chi connectivity index (χ3n) is 9.11. The second kappa shape index (κ2) is 13.7. The molecule has 5 rings (SSSR count). The van der Waals surface area contributed by atoms with Crippen LogP contribution >= 0.6 is 0 Å². The van der Waals surface area contributed by atoms with Crippen molar-refractivity contribution in [3.63, 3.8) is 0 Å². The van der Waals surface area contributed by atoms with Crippen LogP contribution in [0.15, 0.2) is 60.0 Å². The van der Waals surface area contributed by atoms with E-state index in [2.05, 4.69) is 78.0 Å². The van der Waals surface area contributed by atoms with E-state index in [1.807, 2.05) is 20.0 Å². The number of fused-ring (bicyclic) bond motifs is 3. The number of pyridine rings is 1. The van der Waals surface area contributed by atoms with E-state index in [1.54, 1.807) is 13.8 Å². The van der Waals surface area contributed by atoms with Crippen LogP contribution in [-0.2, 0) is 5.41 Å². The van der Waals surface area contributed by atoms with Crippen LogP contribution in [0, 0.1) is 17.3 Å². The maximum atomic E-state index is 8.95. The van der Waals surface area contributed by atoms with Crippen LogP contribution in [-0.4, -0.2) is 34.0 Å². The Hall–Kier alpha value is -3.05. The number of aliphatic hydroxyl groups is 2. The van der Waals surface area contributed by atoms with Gasteiger partial charge in [-0.2, -0.15) is 0 Å². The molecule has 0 spiro atoms. The predicted molar refractivity (Wildman–Crippen MR) is 181 cm³/mol.